The third kappa shape index (κ3) is 0.825. The Bertz CT molecular complexity index is 443. The van der Waals surface area contributed by atoms with Gasteiger partial charge in [-0.2, -0.15) is 0 Å². The van der Waals surface area contributed by atoms with Crippen molar-refractivity contribution in [1.82, 2.24) is 0 Å². The van der Waals surface area contributed by atoms with Crippen LogP contribution in [0.2, 0.25) is 0 Å². The summed E-state index contributed by atoms with van der Waals surface area (Å²) in [4.78, 5) is 0. The molecule has 4 bridgehead atoms. The van der Waals surface area contributed by atoms with E-state index < -0.39 is 11.1 Å². The highest BCUT2D eigenvalue weighted by Gasteiger charge is 2.86. The summed E-state index contributed by atoms with van der Waals surface area (Å²) in [5.74, 6) is 0.967. The Kier molecular flexibility index (Phi) is 2.12. The van der Waals surface area contributed by atoms with Crippen molar-refractivity contribution in [3.05, 3.63) is 11.6 Å². The first-order chi connectivity index (χ1) is 8.17. The van der Waals surface area contributed by atoms with E-state index in [0.717, 1.165) is 19.3 Å². The molecule has 0 saturated heterocycles. The van der Waals surface area contributed by atoms with Crippen LogP contribution in [-0.4, -0.2) is 16.6 Å². The molecule has 5 atom stereocenters. The van der Waals surface area contributed by atoms with Gasteiger partial charge in [0.1, 0.15) is 0 Å². The van der Waals surface area contributed by atoms with E-state index in [1.54, 1.807) is 0 Å². The number of hydrogen-bond acceptors (Lipinski definition) is 3. The van der Waals surface area contributed by atoms with Crippen molar-refractivity contribution < 1.29 is 0 Å². The molecule has 0 amide bonds. The zero-order valence-corrected chi connectivity index (χ0v) is 12.1. The van der Waals surface area contributed by atoms with E-state index in [2.05, 4.69) is 33.8 Å². The topological polar surface area (TPSA) is 78.1 Å². The smallest absolute Gasteiger partial charge is 0.0643 e. The highest BCUT2D eigenvalue weighted by atomic mass is 15.2. The molecule has 4 aliphatic rings. The third-order valence-electron chi connectivity index (χ3n) is 6.94. The van der Waals surface area contributed by atoms with Crippen molar-refractivity contribution in [2.45, 2.75) is 63.6 Å². The van der Waals surface area contributed by atoms with Crippen LogP contribution in [0.1, 0.15) is 47.0 Å². The fourth-order valence-electron chi connectivity index (χ4n) is 5.76. The molecule has 2 saturated carbocycles. The largest absolute Gasteiger partial charge is 0.323 e. The molecule has 0 unspecified atom stereocenters. The van der Waals surface area contributed by atoms with Crippen molar-refractivity contribution >= 4 is 0 Å². The molecule has 18 heavy (non-hydrogen) atoms. The highest BCUT2D eigenvalue weighted by Crippen LogP contribution is 2.74. The Morgan fingerprint density at radius 1 is 1.28 bits per heavy atom. The second-order valence-corrected chi connectivity index (χ2v) is 7.46. The summed E-state index contributed by atoms with van der Waals surface area (Å²) in [7, 11) is 0. The van der Waals surface area contributed by atoms with Gasteiger partial charge in [0.2, 0.25) is 0 Å². The van der Waals surface area contributed by atoms with E-state index >= 15 is 0 Å². The molecule has 3 nitrogen and oxygen atoms in total. The maximum absolute atomic E-state index is 6.89. The molecule has 0 radical (unpaired) electrons. The van der Waals surface area contributed by atoms with Gasteiger partial charge in [0, 0.05) is 11.0 Å². The maximum atomic E-state index is 6.89. The number of fused-ring (bicyclic) bond motifs is 1. The first-order valence-electron chi connectivity index (χ1n) is 7.21. The van der Waals surface area contributed by atoms with Crippen LogP contribution < -0.4 is 17.2 Å². The minimum Gasteiger partial charge on any atom is -0.323 e. The lowest BCUT2D eigenvalue weighted by atomic mass is 9.24. The summed E-state index contributed by atoms with van der Waals surface area (Å²) in [6.45, 7) is 8.90. The monoisotopic (exact) mass is 249 g/mol. The Hall–Kier alpha value is -0.380. The molecule has 0 aliphatic heterocycles. The van der Waals surface area contributed by atoms with Crippen LogP contribution >= 0.6 is 0 Å². The predicted molar refractivity (Wildman–Crippen MR) is 74.8 cm³/mol. The Morgan fingerprint density at radius 2 is 1.89 bits per heavy atom. The standard InChI is InChI=1S/C15H27N3/c1-9(2)11-6-7-12(4)13(16)8-5-10(3)14(12,17)15(11,13)18/h5,9,11H,6-8,16-18H2,1-4H3/t11-,12+,13-,14+,15-/m0/s1. The van der Waals surface area contributed by atoms with E-state index in [-0.39, 0.29) is 11.0 Å². The highest BCUT2D eigenvalue weighted by molar-refractivity contribution is 5.55. The van der Waals surface area contributed by atoms with Gasteiger partial charge in [0.05, 0.1) is 11.1 Å². The van der Waals surface area contributed by atoms with E-state index in [1.807, 2.05) is 0 Å². The van der Waals surface area contributed by atoms with Crippen molar-refractivity contribution in [2.75, 3.05) is 0 Å². The molecule has 2 fully saturated rings. The fourth-order valence-corrected chi connectivity index (χ4v) is 5.76. The lowest BCUT2D eigenvalue weighted by Crippen LogP contribution is -3.03. The molecule has 0 aromatic rings. The van der Waals surface area contributed by atoms with Crippen LogP contribution in [0, 0.1) is 17.3 Å². The second kappa shape index (κ2) is 3.02. The Labute approximate surface area is 110 Å². The van der Waals surface area contributed by atoms with Crippen molar-refractivity contribution in [2.24, 2.45) is 34.5 Å². The van der Waals surface area contributed by atoms with Crippen LogP contribution in [0.15, 0.2) is 11.6 Å². The molecule has 0 spiro atoms. The minimum atomic E-state index is -0.431. The van der Waals surface area contributed by atoms with Crippen molar-refractivity contribution in [1.29, 1.82) is 0 Å². The van der Waals surface area contributed by atoms with Gasteiger partial charge >= 0.3 is 0 Å². The van der Waals surface area contributed by atoms with E-state index in [0.29, 0.717) is 11.8 Å². The minimum absolute atomic E-state index is 0.0288. The quantitative estimate of drug-likeness (QED) is 0.616. The maximum Gasteiger partial charge on any atom is 0.0643 e. The lowest BCUT2D eigenvalue weighted by molar-refractivity contribution is -0.232. The zero-order valence-electron chi connectivity index (χ0n) is 12.1. The molecule has 0 heterocycles. The van der Waals surface area contributed by atoms with Crippen LogP contribution in [0.4, 0.5) is 0 Å². The van der Waals surface area contributed by atoms with Crippen LogP contribution in [-0.2, 0) is 0 Å². The Balaban J connectivity index is 2.22. The number of hydrogen-bond donors (Lipinski definition) is 3. The third-order valence-corrected chi connectivity index (χ3v) is 6.94. The number of rotatable bonds is 1. The molecule has 102 valence electrons. The van der Waals surface area contributed by atoms with E-state index in [9.17, 15) is 0 Å². The summed E-state index contributed by atoms with van der Waals surface area (Å²) in [5, 5.41) is 0. The molecule has 0 aromatic carbocycles. The van der Waals surface area contributed by atoms with Gasteiger partial charge in [-0.25, -0.2) is 0 Å². The zero-order chi connectivity index (χ0) is 13.6. The van der Waals surface area contributed by atoms with Crippen LogP contribution in [0.25, 0.3) is 0 Å². The van der Waals surface area contributed by atoms with E-state index in [4.69, 9.17) is 17.2 Å². The molecule has 6 N–H and O–H groups in total. The molecule has 4 rings (SSSR count). The van der Waals surface area contributed by atoms with Gasteiger partial charge in [-0.05, 0) is 38.0 Å². The predicted octanol–water partition coefficient (Wildman–Crippen LogP) is 1.51. The summed E-state index contributed by atoms with van der Waals surface area (Å²) >= 11 is 0. The molecule has 0 aromatic heterocycles. The summed E-state index contributed by atoms with van der Waals surface area (Å²) in [5.41, 5.74) is 20.6. The average Bonchev–Trinajstić information content (AvgIpc) is 2.29. The second-order valence-electron chi connectivity index (χ2n) is 7.46. The van der Waals surface area contributed by atoms with Crippen LogP contribution in [0.5, 0.6) is 0 Å². The Morgan fingerprint density at radius 3 is 2.44 bits per heavy atom. The van der Waals surface area contributed by atoms with Crippen LogP contribution in [0.3, 0.4) is 0 Å². The molecule has 4 aliphatic carbocycles. The van der Waals surface area contributed by atoms with Crippen molar-refractivity contribution in [3.63, 3.8) is 0 Å². The summed E-state index contributed by atoms with van der Waals surface area (Å²) in [6, 6.07) is 0. The summed E-state index contributed by atoms with van der Waals surface area (Å²) in [6.07, 6.45) is 5.37. The van der Waals surface area contributed by atoms with Gasteiger partial charge in [-0.15, -0.1) is 0 Å². The SMILES string of the molecule is CC1=CC[C@]2(N)[C@@]3(C)CC[C@@H](C(C)C)[C@@]2(N)[C@@]13N. The number of nitrogens with two attached hydrogens (primary N) is 3. The van der Waals surface area contributed by atoms with Gasteiger partial charge in [-0.1, -0.05) is 32.4 Å². The normalized spacial score (nSPS) is 58.2. The van der Waals surface area contributed by atoms with E-state index in [1.165, 1.54) is 5.57 Å². The molecular weight excluding hydrogens is 222 g/mol. The van der Waals surface area contributed by atoms with Gasteiger partial charge in [0.15, 0.2) is 0 Å². The van der Waals surface area contributed by atoms with Gasteiger partial charge in [-0.3, -0.25) is 0 Å². The first-order valence-corrected chi connectivity index (χ1v) is 7.21. The average molecular weight is 249 g/mol. The molecule has 3 heteroatoms. The lowest BCUT2D eigenvalue weighted by Gasteiger charge is -2.85. The molecular formula is C15H27N3. The van der Waals surface area contributed by atoms with Crippen molar-refractivity contribution in [3.8, 4) is 0 Å². The fraction of sp³-hybridized carbons (Fsp3) is 0.867. The first kappa shape index (κ1) is 12.6. The van der Waals surface area contributed by atoms with Gasteiger partial charge in [0.25, 0.3) is 0 Å². The van der Waals surface area contributed by atoms with Gasteiger partial charge < -0.3 is 17.2 Å². The summed E-state index contributed by atoms with van der Waals surface area (Å²) < 4.78 is 0.